The predicted octanol–water partition coefficient (Wildman–Crippen LogP) is 1.56. The normalized spacial score (nSPS) is 12.6. The number of rotatable bonds is 8. The predicted molar refractivity (Wildman–Crippen MR) is 77.9 cm³/mol. The van der Waals surface area contributed by atoms with E-state index in [-0.39, 0.29) is 28.4 Å². The van der Waals surface area contributed by atoms with Crippen molar-refractivity contribution in [3.05, 3.63) is 41.4 Å². The number of hydrogen-bond donors (Lipinski definition) is 2. The van der Waals surface area contributed by atoms with Gasteiger partial charge in [0.1, 0.15) is 11.2 Å². The number of aliphatic carboxylic acids is 1. The Balaban J connectivity index is 3.29. The van der Waals surface area contributed by atoms with Gasteiger partial charge in [0.2, 0.25) is 10.0 Å². The Bertz CT molecular complexity index is 657. The molecule has 1 atom stereocenters. The minimum atomic E-state index is -3.88. The van der Waals surface area contributed by atoms with E-state index < -0.39 is 21.9 Å². The van der Waals surface area contributed by atoms with Crippen LogP contribution < -0.4 is 4.72 Å². The molecule has 0 amide bonds. The summed E-state index contributed by atoms with van der Waals surface area (Å²) in [7, 11) is -3.88. The molecule has 0 aliphatic carbocycles. The van der Waals surface area contributed by atoms with Gasteiger partial charge < -0.3 is 9.90 Å². The third-order valence-electron chi connectivity index (χ3n) is 2.69. The van der Waals surface area contributed by atoms with Crippen LogP contribution in [0.3, 0.4) is 0 Å². The Hall–Kier alpha value is -1.70. The summed E-state index contributed by atoms with van der Waals surface area (Å²) in [6, 6.07) is 3.84. The molecule has 0 fully saturated rings. The molecule has 0 heterocycles. The highest BCUT2D eigenvalue weighted by molar-refractivity contribution is 7.89. The monoisotopic (exact) mass is 331 g/mol. The Labute approximate surface area is 127 Å². The standard InChI is InChI=1S/C13H14ClNO5S/c1-2-6-15-21(19,20)12-8-9(3-4-11(12)14)10(5-7-16)13(17)18/h2-4,7-8,10,15H,1,5-6H2,(H,17,18). The van der Waals surface area contributed by atoms with Crippen molar-refractivity contribution in [2.24, 2.45) is 0 Å². The second-order valence-electron chi connectivity index (χ2n) is 4.12. The smallest absolute Gasteiger partial charge is 0.311 e. The molecule has 1 rings (SSSR count). The second kappa shape index (κ2) is 7.35. The van der Waals surface area contributed by atoms with Gasteiger partial charge in [0.05, 0.1) is 10.9 Å². The molecule has 1 aromatic rings. The van der Waals surface area contributed by atoms with Gasteiger partial charge in [0, 0.05) is 13.0 Å². The Morgan fingerprint density at radius 2 is 2.14 bits per heavy atom. The Morgan fingerprint density at radius 3 is 2.67 bits per heavy atom. The highest BCUT2D eigenvalue weighted by Gasteiger charge is 2.24. The molecule has 1 unspecified atom stereocenters. The minimum Gasteiger partial charge on any atom is -0.481 e. The van der Waals surface area contributed by atoms with Gasteiger partial charge >= 0.3 is 5.97 Å². The average molecular weight is 332 g/mol. The van der Waals surface area contributed by atoms with Gasteiger partial charge in [0.15, 0.2) is 0 Å². The summed E-state index contributed by atoms with van der Waals surface area (Å²) in [5, 5.41) is 9.06. The van der Waals surface area contributed by atoms with Gasteiger partial charge in [-0.25, -0.2) is 13.1 Å². The molecule has 1 aromatic carbocycles. The van der Waals surface area contributed by atoms with Crippen LogP contribution in [0.15, 0.2) is 35.7 Å². The van der Waals surface area contributed by atoms with Gasteiger partial charge in [-0.3, -0.25) is 4.79 Å². The minimum absolute atomic E-state index is 0.0135. The van der Waals surface area contributed by atoms with Crippen LogP contribution in [0.5, 0.6) is 0 Å². The molecule has 0 aliphatic heterocycles. The van der Waals surface area contributed by atoms with Crippen LogP contribution in [-0.2, 0) is 19.6 Å². The summed E-state index contributed by atoms with van der Waals surface area (Å²) in [6.45, 7) is 3.41. The molecule has 0 aromatic heterocycles. The zero-order valence-corrected chi connectivity index (χ0v) is 12.5. The van der Waals surface area contributed by atoms with Gasteiger partial charge in [-0.1, -0.05) is 23.7 Å². The van der Waals surface area contributed by atoms with E-state index in [9.17, 15) is 18.0 Å². The van der Waals surface area contributed by atoms with E-state index in [0.29, 0.717) is 6.29 Å². The first-order valence-corrected chi connectivity index (χ1v) is 7.76. The van der Waals surface area contributed by atoms with E-state index in [0.717, 1.165) is 6.07 Å². The number of benzene rings is 1. The number of hydrogen-bond acceptors (Lipinski definition) is 4. The molecule has 0 aliphatic rings. The van der Waals surface area contributed by atoms with Gasteiger partial charge in [-0.2, -0.15) is 0 Å². The van der Waals surface area contributed by atoms with Gasteiger partial charge in [-0.15, -0.1) is 6.58 Å². The molecule has 0 saturated heterocycles. The van der Waals surface area contributed by atoms with E-state index in [1.54, 1.807) is 0 Å². The zero-order chi connectivity index (χ0) is 16.0. The zero-order valence-electron chi connectivity index (χ0n) is 11.0. The number of carboxylic acid groups (broad SMARTS) is 1. The number of carbonyl (C=O) groups excluding carboxylic acids is 1. The summed E-state index contributed by atoms with van der Waals surface area (Å²) in [5.41, 5.74) is 0.193. The fourth-order valence-corrected chi connectivity index (χ4v) is 3.20. The molecule has 0 radical (unpaired) electrons. The lowest BCUT2D eigenvalue weighted by molar-refractivity contribution is -0.139. The number of nitrogens with one attached hydrogen (secondary N) is 1. The lowest BCUT2D eigenvalue weighted by atomic mass is 9.97. The first-order valence-electron chi connectivity index (χ1n) is 5.90. The SMILES string of the molecule is C=CCNS(=O)(=O)c1cc(C(CC=O)C(=O)O)ccc1Cl. The fourth-order valence-electron chi connectivity index (χ4n) is 1.66. The van der Waals surface area contributed by atoms with Crippen molar-refractivity contribution < 1.29 is 23.1 Å². The molecule has 8 heteroatoms. The van der Waals surface area contributed by atoms with Crippen LogP contribution in [0, 0.1) is 0 Å². The number of aldehydes is 1. The Kier molecular flexibility index (Phi) is 6.07. The van der Waals surface area contributed by atoms with Crippen molar-refractivity contribution >= 4 is 33.9 Å². The maximum atomic E-state index is 12.1. The topological polar surface area (TPSA) is 101 Å². The molecule has 0 bridgehead atoms. The molecule has 6 nitrogen and oxygen atoms in total. The second-order valence-corrected chi connectivity index (χ2v) is 6.27. The molecule has 21 heavy (non-hydrogen) atoms. The van der Waals surface area contributed by atoms with Crippen molar-refractivity contribution in [1.82, 2.24) is 4.72 Å². The maximum Gasteiger partial charge on any atom is 0.311 e. The van der Waals surface area contributed by atoms with Crippen LogP contribution in [0.1, 0.15) is 17.9 Å². The average Bonchev–Trinajstić information content (AvgIpc) is 2.43. The first-order chi connectivity index (χ1) is 9.83. The molecular formula is C13H14ClNO5S. The Morgan fingerprint density at radius 1 is 1.48 bits per heavy atom. The van der Waals surface area contributed by atoms with E-state index in [2.05, 4.69) is 11.3 Å². The lowest BCUT2D eigenvalue weighted by Crippen LogP contribution is -2.24. The van der Waals surface area contributed by atoms with Crippen molar-refractivity contribution in [2.75, 3.05) is 6.54 Å². The lowest BCUT2D eigenvalue weighted by Gasteiger charge is -2.13. The van der Waals surface area contributed by atoms with Crippen molar-refractivity contribution in [1.29, 1.82) is 0 Å². The number of carboxylic acids is 1. The van der Waals surface area contributed by atoms with Crippen molar-refractivity contribution in [3.63, 3.8) is 0 Å². The molecule has 114 valence electrons. The largest absolute Gasteiger partial charge is 0.481 e. The van der Waals surface area contributed by atoms with Crippen LogP contribution >= 0.6 is 11.6 Å². The summed E-state index contributed by atoms with van der Waals surface area (Å²) >= 11 is 5.86. The van der Waals surface area contributed by atoms with E-state index in [1.165, 1.54) is 18.2 Å². The summed E-state index contributed by atoms with van der Waals surface area (Å²) in [4.78, 5) is 21.5. The molecule has 0 saturated carbocycles. The van der Waals surface area contributed by atoms with Crippen molar-refractivity contribution in [3.8, 4) is 0 Å². The third kappa shape index (κ3) is 4.38. The first kappa shape index (κ1) is 17.4. The fraction of sp³-hybridized carbons (Fsp3) is 0.231. The van der Waals surface area contributed by atoms with Crippen LogP contribution in [-0.4, -0.2) is 32.3 Å². The van der Waals surface area contributed by atoms with Crippen LogP contribution in [0.4, 0.5) is 0 Å². The van der Waals surface area contributed by atoms with Crippen LogP contribution in [0.25, 0.3) is 0 Å². The van der Waals surface area contributed by atoms with Crippen molar-refractivity contribution in [2.45, 2.75) is 17.2 Å². The van der Waals surface area contributed by atoms with Gasteiger partial charge in [0.25, 0.3) is 0 Å². The number of halogens is 1. The van der Waals surface area contributed by atoms with Crippen LogP contribution in [0.2, 0.25) is 5.02 Å². The number of sulfonamides is 1. The van der Waals surface area contributed by atoms with E-state index >= 15 is 0 Å². The third-order valence-corrected chi connectivity index (χ3v) is 4.60. The molecule has 0 spiro atoms. The highest BCUT2D eigenvalue weighted by Crippen LogP contribution is 2.27. The summed E-state index contributed by atoms with van der Waals surface area (Å²) in [6.07, 6.45) is 1.58. The summed E-state index contributed by atoms with van der Waals surface area (Å²) in [5.74, 6) is -2.33. The highest BCUT2D eigenvalue weighted by atomic mass is 35.5. The van der Waals surface area contributed by atoms with E-state index in [1.807, 2.05) is 0 Å². The molecule has 2 N–H and O–H groups in total. The quantitative estimate of drug-likeness (QED) is 0.556. The van der Waals surface area contributed by atoms with E-state index in [4.69, 9.17) is 16.7 Å². The molecular weight excluding hydrogens is 318 g/mol. The van der Waals surface area contributed by atoms with Gasteiger partial charge in [-0.05, 0) is 17.7 Å². The summed E-state index contributed by atoms with van der Waals surface area (Å²) < 4.78 is 26.4. The maximum absolute atomic E-state index is 12.1. The number of carbonyl (C=O) groups is 2.